The van der Waals surface area contributed by atoms with E-state index in [9.17, 15) is 4.79 Å². The van der Waals surface area contributed by atoms with E-state index in [2.05, 4.69) is 17.2 Å². The second-order valence-electron chi connectivity index (χ2n) is 5.00. The summed E-state index contributed by atoms with van der Waals surface area (Å²) in [5.41, 5.74) is 3.77. The molecule has 3 aromatic rings. The Kier molecular flexibility index (Phi) is 3.44. The number of furan rings is 1. The topological polar surface area (TPSA) is 55.1 Å². The SMILES string of the molecule is CNC(=O)Cc1ccc2c(C)cc(-c3ccco3)nc2c1. The number of benzene rings is 1. The van der Waals surface area contributed by atoms with Crippen LogP contribution in [-0.2, 0) is 11.2 Å². The molecule has 0 atom stereocenters. The highest BCUT2D eigenvalue weighted by atomic mass is 16.3. The van der Waals surface area contributed by atoms with Crippen molar-refractivity contribution in [3.8, 4) is 11.5 Å². The summed E-state index contributed by atoms with van der Waals surface area (Å²) in [6, 6.07) is 11.7. The van der Waals surface area contributed by atoms with Crippen LogP contribution < -0.4 is 5.32 Å². The quantitative estimate of drug-likeness (QED) is 0.802. The molecule has 0 radical (unpaired) electrons. The van der Waals surface area contributed by atoms with Crippen molar-refractivity contribution in [2.45, 2.75) is 13.3 Å². The van der Waals surface area contributed by atoms with Crippen LogP contribution in [0.15, 0.2) is 47.1 Å². The summed E-state index contributed by atoms with van der Waals surface area (Å²) in [7, 11) is 1.64. The maximum Gasteiger partial charge on any atom is 0.224 e. The molecule has 1 aromatic carbocycles. The lowest BCUT2D eigenvalue weighted by atomic mass is 10.0. The van der Waals surface area contributed by atoms with E-state index in [-0.39, 0.29) is 5.91 Å². The van der Waals surface area contributed by atoms with E-state index < -0.39 is 0 Å². The van der Waals surface area contributed by atoms with Crippen LogP contribution in [0.25, 0.3) is 22.4 Å². The van der Waals surface area contributed by atoms with Gasteiger partial charge >= 0.3 is 0 Å². The summed E-state index contributed by atoms with van der Waals surface area (Å²) < 4.78 is 5.41. The Morgan fingerprint density at radius 3 is 2.86 bits per heavy atom. The van der Waals surface area contributed by atoms with Gasteiger partial charge in [0.1, 0.15) is 5.69 Å². The highest BCUT2D eigenvalue weighted by molar-refractivity contribution is 5.86. The van der Waals surface area contributed by atoms with Gasteiger partial charge < -0.3 is 9.73 Å². The third-order valence-electron chi connectivity index (χ3n) is 3.50. The maximum atomic E-state index is 11.5. The molecule has 1 amide bonds. The Bertz CT molecular complexity index is 792. The summed E-state index contributed by atoms with van der Waals surface area (Å²) in [6.07, 6.45) is 2.00. The predicted molar refractivity (Wildman–Crippen MR) is 82.0 cm³/mol. The molecule has 0 saturated heterocycles. The van der Waals surface area contributed by atoms with E-state index in [0.29, 0.717) is 6.42 Å². The molecule has 0 aliphatic heterocycles. The molecular weight excluding hydrogens is 264 g/mol. The molecule has 21 heavy (non-hydrogen) atoms. The van der Waals surface area contributed by atoms with Crippen molar-refractivity contribution in [1.29, 1.82) is 0 Å². The number of aryl methyl sites for hydroxylation is 1. The second kappa shape index (κ2) is 5.40. The van der Waals surface area contributed by atoms with E-state index in [1.165, 1.54) is 0 Å². The summed E-state index contributed by atoms with van der Waals surface area (Å²) >= 11 is 0. The van der Waals surface area contributed by atoms with E-state index >= 15 is 0 Å². The second-order valence-corrected chi connectivity index (χ2v) is 5.00. The van der Waals surface area contributed by atoms with E-state index in [4.69, 9.17) is 4.42 Å². The molecule has 0 aliphatic carbocycles. The number of pyridine rings is 1. The molecule has 0 aliphatic rings. The first-order valence-corrected chi connectivity index (χ1v) is 6.82. The number of hydrogen-bond donors (Lipinski definition) is 1. The molecule has 0 bridgehead atoms. The molecule has 0 fully saturated rings. The number of nitrogens with one attached hydrogen (secondary N) is 1. The molecule has 0 saturated carbocycles. The fourth-order valence-corrected chi connectivity index (χ4v) is 2.38. The van der Waals surface area contributed by atoms with Crippen molar-refractivity contribution in [3.63, 3.8) is 0 Å². The lowest BCUT2D eigenvalue weighted by molar-refractivity contribution is -0.119. The molecule has 4 nitrogen and oxygen atoms in total. The van der Waals surface area contributed by atoms with Gasteiger partial charge in [0.25, 0.3) is 0 Å². The van der Waals surface area contributed by atoms with Crippen LogP contribution in [0.3, 0.4) is 0 Å². The summed E-state index contributed by atoms with van der Waals surface area (Å²) in [4.78, 5) is 16.1. The number of likely N-dealkylation sites (N-methyl/N-ethyl adjacent to an activating group) is 1. The van der Waals surface area contributed by atoms with Crippen LogP contribution in [-0.4, -0.2) is 17.9 Å². The minimum absolute atomic E-state index is 0.00624. The molecule has 2 heterocycles. The monoisotopic (exact) mass is 280 g/mol. The van der Waals surface area contributed by atoms with Crippen molar-refractivity contribution >= 4 is 16.8 Å². The minimum Gasteiger partial charge on any atom is -0.463 e. The Balaban J connectivity index is 2.08. The first kappa shape index (κ1) is 13.4. The number of fused-ring (bicyclic) bond motifs is 1. The molecule has 0 spiro atoms. The lowest BCUT2D eigenvalue weighted by Gasteiger charge is -2.07. The van der Waals surface area contributed by atoms with Gasteiger partial charge in [0.05, 0.1) is 18.2 Å². The molecule has 2 aromatic heterocycles. The third-order valence-corrected chi connectivity index (χ3v) is 3.50. The average Bonchev–Trinajstić information content (AvgIpc) is 3.01. The summed E-state index contributed by atoms with van der Waals surface area (Å²) in [6.45, 7) is 2.05. The first-order chi connectivity index (χ1) is 10.2. The maximum absolute atomic E-state index is 11.5. The van der Waals surface area contributed by atoms with Gasteiger partial charge in [-0.15, -0.1) is 0 Å². The first-order valence-electron chi connectivity index (χ1n) is 6.82. The van der Waals surface area contributed by atoms with Crippen LogP contribution in [0.1, 0.15) is 11.1 Å². The number of nitrogens with zero attached hydrogens (tertiary/aromatic N) is 1. The van der Waals surface area contributed by atoms with Gasteiger partial charge in [0.15, 0.2) is 5.76 Å². The summed E-state index contributed by atoms with van der Waals surface area (Å²) in [5, 5.41) is 3.72. The molecule has 0 unspecified atom stereocenters. The van der Waals surface area contributed by atoms with Crippen LogP contribution in [0.2, 0.25) is 0 Å². The van der Waals surface area contributed by atoms with Crippen LogP contribution in [0, 0.1) is 6.92 Å². The number of aromatic nitrogens is 1. The standard InChI is InChI=1S/C17H16N2O2/c1-11-8-15(16-4-3-7-21-16)19-14-9-12(5-6-13(11)14)10-17(20)18-2/h3-9H,10H2,1-2H3,(H,18,20). The zero-order chi connectivity index (χ0) is 14.8. The highest BCUT2D eigenvalue weighted by Gasteiger charge is 2.09. The number of amides is 1. The van der Waals surface area contributed by atoms with Crippen molar-refractivity contribution in [1.82, 2.24) is 10.3 Å². The van der Waals surface area contributed by atoms with Crippen molar-refractivity contribution in [2.24, 2.45) is 0 Å². The predicted octanol–water partition coefficient (Wildman–Crippen LogP) is 3.09. The van der Waals surface area contributed by atoms with Crippen LogP contribution in [0.4, 0.5) is 0 Å². The van der Waals surface area contributed by atoms with Crippen molar-refractivity contribution < 1.29 is 9.21 Å². The molecule has 1 N–H and O–H groups in total. The Morgan fingerprint density at radius 2 is 2.14 bits per heavy atom. The smallest absolute Gasteiger partial charge is 0.224 e. The van der Waals surface area contributed by atoms with Crippen LogP contribution >= 0.6 is 0 Å². The van der Waals surface area contributed by atoms with Gasteiger partial charge in [-0.25, -0.2) is 4.98 Å². The molecular formula is C17H16N2O2. The molecule has 106 valence electrons. The fourth-order valence-electron chi connectivity index (χ4n) is 2.38. The van der Waals surface area contributed by atoms with Crippen LogP contribution in [0.5, 0.6) is 0 Å². The van der Waals surface area contributed by atoms with Crippen molar-refractivity contribution in [3.05, 3.63) is 53.8 Å². The number of carbonyl (C=O) groups is 1. The lowest BCUT2D eigenvalue weighted by Crippen LogP contribution is -2.19. The Morgan fingerprint density at radius 1 is 1.29 bits per heavy atom. The van der Waals surface area contributed by atoms with Gasteiger partial charge in [0, 0.05) is 12.4 Å². The average molecular weight is 280 g/mol. The van der Waals surface area contributed by atoms with Gasteiger partial charge in [-0.3, -0.25) is 4.79 Å². The Labute approximate surface area is 122 Å². The number of hydrogen-bond acceptors (Lipinski definition) is 3. The van der Waals surface area contributed by atoms with E-state index in [1.54, 1.807) is 13.3 Å². The largest absolute Gasteiger partial charge is 0.463 e. The fraction of sp³-hybridized carbons (Fsp3) is 0.176. The number of rotatable bonds is 3. The van der Waals surface area contributed by atoms with E-state index in [0.717, 1.165) is 33.5 Å². The zero-order valence-corrected chi connectivity index (χ0v) is 12.0. The van der Waals surface area contributed by atoms with Gasteiger partial charge in [-0.05, 0) is 42.3 Å². The molecule has 3 rings (SSSR count). The number of carbonyl (C=O) groups excluding carboxylic acids is 1. The third kappa shape index (κ3) is 2.65. The van der Waals surface area contributed by atoms with Gasteiger partial charge in [0.2, 0.25) is 5.91 Å². The molecule has 4 heteroatoms. The minimum atomic E-state index is -0.00624. The van der Waals surface area contributed by atoms with E-state index in [1.807, 2.05) is 36.4 Å². The zero-order valence-electron chi connectivity index (χ0n) is 12.0. The van der Waals surface area contributed by atoms with Gasteiger partial charge in [-0.2, -0.15) is 0 Å². The van der Waals surface area contributed by atoms with Crippen molar-refractivity contribution in [2.75, 3.05) is 7.05 Å². The normalized spacial score (nSPS) is 10.8. The highest BCUT2D eigenvalue weighted by Crippen LogP contribution is 2.25. The summed E-state index contributed by atoms with van der Waals surface area (Å²) in [5.74, 6) is 0.741. The Hall–Kier alpha value is -2.62. The van der Waals surface area contributed by atoms with Gasteiger partial charge in [-0.1, -0.05) is 12.1 Å².